The van der Waals surface area contributed by atoms with E-state index in [1.165, 1.54) is 10.9 Å². The highest BCUT2D eigenvalue weighted by atomic mass is 16.5. The molecular formula is C47H29N3O2. The predicted molar refractivity (Wildman–Crippen MR) is 209 cm³/mol. The number of fused-ring (bicyclic) bond motifs is 9. The van der Waals surface area contributed by atoms with Crippen LogP contribution in [0.4, 0.5) is 0 Å². The summed E-state index contributed by atoms with van der Waals surface area (Å²) in [5, 5.41) is 6.58. The minimum absolute atomic E-state index is 0.0438. The first-order valence-electron chi connectivity index (χ1n) is 17.6. The summed E-state index contributed by atoms with van der Waals surface area (Å²) in [4.78, 5) is 15.9. The van der Waals surface area contributed by atoms with Gasteiger partial charge in [0.15, 0.2) is 17.5 Å². The molecule has 0 saturated heterocycles. The van der Waals surface area contributed by atoms with Crippen molar-refractivity contribution in [2.75, 3.05) is 0 Å². The molecule has 1 aliphatic carbocycles. The van der Waals surface area contributed by atoms with Crippen LogP contribution in [0.1, 0.15) is 17.0 Å². The Morgan fingerprint density at radius 1 is 0.519 bits per heavy atom. The summed E-state index contributed by atoms with van der Waals surface area (Å²) in [6, 6.07) is 50.2. The molecule has 2 aliphatic rings. The van der Waals surface area contributed by atoms with Gasteiger partial charge in [0.1, 0.15) is 23.0 Å². The van der Waals surface area contributed by atoms with Gasteiger partial charge in [-0.05, 0) is 69.1 Å². The Morgan fingerprint density at radius 2 is 1.23 bits per heavy atom. The first kappa shape index (κ1) is 28.9. The van der Waals surface area contributed by atoms with Gasteiger partial charge in [-0.1, -0.05) is 127 Å². The Morgan fingerprint density at radius 3 is 2.13 bits per heavy atom. The van der Waals surface area contributed by atoms with Crippen LogP contribution >= 0.6 is 0 Å². The summed E-state index contributed by atoms with van der Waals surface area (Å²) < 4.78 is 12.8. The number of allylic oxidation sites excluding steroid dienone is 2. The van der Waals surface area contributed by atoms with Gasteiger partial charge in [0.05, 0.1) is 0 Å². The summed E-state index contributed by atoms with van der Waals surface area (Å²) in [7, 11) is 0. The van der Waals surface area contributed by atoms with E-state index in [2.05, 4.69) is 127 Å². The monoisotopic (exact) mass is 667 g/mol. The van der Waals surface area contributed by atoms with Gasteiger partial charge in [-0.2, -0.15) is 0 Å². The number of ether oxygens (including phenoxy) is 1. The molecule has 5 nitrogen and oxygen atoms in total. The molecule has 0 saturated carbocycles. The van der Waals surface area contributed by atoms with Crippen molar-refractivity contribution >= 4 is 49.1 Å². The summed E-state index contributed by atoms with van der Waals surface area (Å²) >= 11 is 0. The van der Waals surface area contributed by atoms with Crippen molar-refractivity contribution < 1.29 is 9.15 Å². The normalized spacial score (nSPS) is 16.3. The lowest BCUT2D eigenvalue weighted by atomic mass is 9.85. The van der Waals surface area contributed by atoms with E-state index in [0.29, 0.717) is 17.5 Å². The van der Waals surface area contributed by atoms with E-state index in [-0.39, 0.29) is 12.0 Å². The van der Waals surface area contributed by atoms with Gasteiger partial charge in [-0.25, -0.2) is 15.0 Å². The molecule has 2 aromatic heterocycles. The molecule has 2 unspecified atom stereocenters. The largest absolute Gasteiger partial charge is 0.485 e. The number of nitrogens with zero attached hydrogens (tertiary/aromatic N) is 3. The summed E-state index contributed by atoms with van der Waals surface area (Å²) in [5.74, 6) is 2.85. The lowest BCUT2D eigenvalue weighted by molar-refractivity contribution is 0.269. The predicted octanol–water partition coefficient (Wildman–Crippen LogP) is 11.6. The van der Waals surface area contributed by atoms with E-state index in [9.17, 15) is 0 Å². The van der Waals surface area contributed by atoms with Gasteiger partial charge in [0.2, 0.25) is 0 Å². The molecule has 9 aromatic rings. The first-order chi connectivity index (χ1) is 25.8. The lowest BCUT2D eigenvalue weighted by Crippen LogP contribution is -2.17. The van der Waals surface area contributed by atoms with Gasteiger partial charge in [0, 0.05) is 38.9 Å². The van der Waals surface area contributed by atoms with E-state index in [0.717, 1.165) is 71.7 Å². The second-order valence-electron chi connectivity index (χ2n) is 13.4. The summed E-state index contributed by atoms with van der Waals surface area (Å²) in [6.07, 6.45) is 6.65. The van der Waals surface area contributed by atoms with Crippen LogP contribution < -0.4 is 4.74 Å². The highest BCUT2D eigenvalue weighted by Crippen LogP contribution is 2.47. The molecular weight excluding hydrogens is 639 g/mol. The van der Waals surface area contributed by atoms with Crippen molar-refractivity contribution in [3.8, 4) is 39.9 Å². The Kier molecular flexibility index (Phi) is 6.31. The number of rotatable bonds is 4. The lowest BCUT2D eigenvalue weighted by Gasteiger charge is -2.20. The Labute approximate surface area is 299 Å². The van der Waals surface area contributed by atoms with E-state index in [4.69, 9.17) is 24.1 Å². The van der Waals surface area contributed by atoms with Gasteiger partial charge >= 0.3 is 0 Å². The molecule has 244 valence electrons. The Bertz CT molecular complexity index is 2960. The van der Waals surface area contributed by atoms with Gasteiger partial charge < -0.3 is 9.15 Å². The third-order valence-corrected chi connectivity index (χ3v) is 10.5. The van der Waals surface area contributed by atoms with Crippen molar-refractivity contribution in [1.29, 1.82) is 0 Å². The number of hydrogen-bond acceptors (Lipinski definition) is 5. The zero-order chi connectivity index (χ0) is 34.2. The quantitative estimate of drug-likeness (QED) is 0.175. The van der Waals surface area contributed by atoms with Crippen molar-refractivity contribution in [3.05, 3.63) is 175 Å². The average molecular weight is 668 g/mol. The maximum Gasteiger partial charge on any atom is 0.165 e. The molecule has 52 heavy (non-hydrogen) atoms. The summed E-state index contributed by atoms with van der Waals surface area (Å²) in [5.41, 5.74) is 7.70. The average Bonchev–Trinajstić information content (AvgIpc) is 3.78. The van der Waals surface area contributed by atoms with Crippen LogP contribution in [0.3, 0.4) is 0 Å². The molecule has 1 aliphatic heterocycles. The van der Waals surface area contributed by atoms with Crippen molar-refractivity contribution in [2.24, 2.45) is 0 Å². The van der Waals surface area contributed by atoms with E-state index >= 15 is 0 Å². The number of benzene rings is 7. The maximum atomic E-state index is 6.48. The van der Waals surface area contributed by atoms with Gasteiger partial charge in [-0.15, -0.1) is 0 Å². The van der Waals surface area contributed by atoms with Gasteiger partial charge in [0.25, 0.3) is 0 Å². The highest BCUT2D eigenvalue weighted by molar-refractivity contribution is 6.15. The molecule has 0 radical (unpaired) electrons. The number of para-hydroxylation sites is 2. The maximum absolute atomic E-state index is 6.48. The number of furan rings is 1. The molecule has 0 amide bonds. The molecule has 11 rings (SSSR count). The van der Waals surface area contributed by atoms with Crippen molar-refractivity contribution in [3.63, 3.8) is 0 Å². The van der Waals surface area contributed by atoms with Crippen molar-refractivity contribution in [1.82, 2.24) is 15.0 Å². The second kappa shape index (κ2) is 11.3. The molecule has 0 fully saturated rings. The van der Waals surface area contributed by atoms with E-state index in [1.807, 2.05) is 36.4 Å². The van der Waals surface area contributed by atoms with Crippen LogP contribution in [0.5, 0.6) is 5.75 Å². The summed E-state index contributed by atoms with van der Waals surface area (Å²) in [6.45, 7) is 0. The minimum Gasteiger partial charge on any atom is -0.485 e. The number of aromatic nitrogens is 3. The fraction of sp³-hybridized carbons (Fsp3) is 0.0426. The molecule has 7 aromatic carbocycles. The third-order valence-electron chi connectivity index (χ3n) is 10.5. The van der Waals surface area contributed by atoms with Crippen LogP contribution in [-0.4, -0.2) is 21.1 Å². The molecule has 0 N–H and O–H groups in total. The number of hydrogen-bond donors (Lipinski definition) is 0. The second-order valence-corrected chi connectivity index (χ2v) is 13.4. The smallest absolute Gasteiger partial charge is 0.165 e. The molecule has 0 bridgehead atoms. The van der Waals surface area contributed by atoms with Gasteiger partial charge in [-0.3, -0.25) is 0 Å². The van der Waals surface area contributed by atoms with Crippen molar-refractivity contribution in [2.45, 2.75) is 12.0 Å². The zero-order valence-electron chi connectivity index (χ0n) is 27.9. The van der Waals surface area contributed by atoms with E-state index in [1.54, 1.807) is 0 Å². The van der Waals surface area contributed by atoms with Crippen LogP contribution in [0.25, 0.3) is 83.2 Å². The van der Waals surface area contributed by atoms with Crippen LogP contribution in [0, 0.1) is 0 Å². The Balaban J connectivity index is 1.22. The SMILES string of the molecule is C1=CC2Oc3ccccc3C2C=C1c1ccc2oc3ccccc3c2c1-c1nc(-c2ccccc2)nc(-c2cc3ccccc3c3ccccc23)n1. The van der Waals surface area contributed by atoms with E-state index < -0.39 is 0 Å². The molecule has 2 atom stereocenters. The fourth-order valence-corrected chi connectivity index (χ4v) is 8.08. The third kappa shape index (κ3) is 4.46. The van der Waals surface area contributed by atoms with Crippen LogP contribution in [-0.2, 0) is 0 Å². The van der Waals surface area contributed by atoms with Crippen LogP contribution in [0.15, 0.2) is 168 Å². The fourth-order valence-electron chi connectivity index (χ4n) is 8.08. The topological polar surface area (TPSA) is 61.0 Å². The Hall–Kier alpha value is -6.85. The molecule has 5 heteroatoms. The molecule has 0 spiro atoms. The first-order valence-corrected chi connectivity index (χ1v) is 17.6. The van der Waals surface area contributed by atoms with Crippen LogP contribution in [0.2, 0.25) is 0 Å². The standard InChI is InChI=1S/C47H29N3O2/c1-2-12-28(13-3-1)45-48-46(38-27-29-14-4-5-15-31(29)33-16-6-7-17-34(33)38)50-47(49-45)44-32(23-25-42-43(44)36-19-9-11-21-40(36)52-42)30-22-24-41-37(26-30)35-18-8-10-20-39(35)51-41/h1-27,37,41H. The minimum atomic E-state index is -0.0438. The highest BCUT2D eigenvalue weighted by Gasteiger charge is 2.34. The molecule has 3 heterocycles. The zero-order valence-corrected chi connectivity index (χ0v) is 27.9.